The van der Waals surface area contributed by atoms with Crippen LogP contribution < -0.4 is 4.74 Å². The molecule has 1 aliphatic rings. The van der Waals surface area contributed by atoms with Gasteiger partial charge in [-0.1, -0.05) is 23.7 Å². The molecule has 1 saturated heterocycles. The molecule has 1 aliphatic heterocycles. The van der Waals surface area contributed by atoms with Crippen LogP contribution in [-0.4, -0.2) is 44.6 Å². The molecular weight excluding hydrogens is 362 g/mol. The zero-order valence-corrected chi connectivity index (χ0v) is 16.2. The summed E-state index contributed by atoms with van der Waals surface area (Å²) in [5.41, 5.74) is 3.51. The highest BCUT2D eigenvalue weighted by Crippen LogP contribution is 2.27. The zero-order chi connectivity index (χ0) is 18.6. The third kappa shape index (κ3) is 4.51. The minimum atomic E-state index is 0.483. The van der Waals surface area contributed by atoms with Crippen molar-refractivity contribution in [3.63, 3.8) is 0 Å². The summed E-state index contributed by atoms with van der Waals surface area (Å²) >= 11 is 6.11. The molecule has 4 rings (SSSR count). The number of hydrogen-bond donors (Lipinski definition) is 1. The lowest BCUT2D eigenvalue weighted by Crippen LogP contribution is -2.19. The molecule has 1 atom stereocenters. The molecule has 0 spiro atoms. The second-order valence-corrected chi connectivity index (χ2v) is 7.50. The second kappa shape index (κ2) is 8.15. The van der Waals surface area contributed by atoms with Crippen LogP contribution >= 0.6 is 11.6 Å². The number of likely N-dealkylation sites (tertiary alicyclic amines) is 1. The molecule has 1 aromatic carbocycles. The number of nitrogens with one attached hydrogen (secondary N) is 1. The number of para-hydroxylation sites is 1. The summed E-state index contributed by atoms with van der Waals surface area (Å²) in [5, 5.41) is 12.6. The average molecular weight is 386 g/mol. The summed E-state index contributed by atoms with van der Waals surface area (Å²) in [6, 6.07) is 9.72. The average Bonchev–Trinajstić information content (AvgIpc) is 3.38. The number of hydrogen-bond acceptors (Lipinski definition) is 4. The van der Waals surface area contributed by atoms with Gasteiger partial charge in [0.1, 0.15) is 5.75 Å². The smallest absolute Gasteiger partial charge is 0.137 e. The summed E-state index contributed by atoms with van der Waals surface area (Å²) in [7, 11) is 1.96. The van der Waals surface area contributed by atoms with E-state index in [0.717, 1.165) is 49.6 Å². The summed E-state index contributed by atoms with van der Waals surface area (Å²) in [6.45, 7) is 3.66. The van der Waals surface area contributed by atoms with Crippen LogP contribution in [0, 0.1) is 0 Å². The predicted molar refractivity (Wildman–Crippen MR) is 105 cm³/mol. The minimum Gasteiger partial charge on any atom is -0.492 e. The molecule has 7 heteroatoms. The van der Waals surface area contributed by atoms with Gasteiger partial charge in [-0.15, -0.1) is 0 Å². The maximum Gasteiger partial charge on any atom is 0.137 e. The van der Waals surface area contributed by atoms with E-state index in [1.165, 1.54) is 5.56 Å². The van der Waals surface area contributed by atoms with E-state index < -0.39 is 0 Å². The quantitative estimate of drug-likeness (QED) is 0.677. The molecule has 0 radical (unpaired) electrons. The number of ether oxygens (including phenoxy) is 1. The first kappa shape index (κ1) is 18.1. The van der Waals surface area contributed by atoms with Gasteiger partial charge in [0.2, 0.25) is 0 Å². The van der Waals surface area contributed by atoms with Crippen molar-refractivity contribution in [2.75, 3.05) is 19.7 Å². The molecular formula is C20H24ClN5O. The number of H-pyrrole nitrogens is 1. The van der Waals surface area contributed by atoms with E-state index in [2.05, 4.69) is 32.5 Å². The summed E-state index contributed by atoms with van der Waals surface area (Å²) < 4.78 is 7.62. The number of rotatable bonds is 7. The van der Waals surface area contributed by atoms with Crippen molar-refractivity contribution in [1.82, 2.24) is 24.9 Å². The van der Waals surface area contributed by atoms with E-state index >= 15 is 0 Å². The van der Waals surface area contributed by atoms with Gasteiger partial charge in [-0.2, -0.15) is 10.2 Å². The maximum atomic E-state index is 6.11. The van der Waals surface area contributed by atoms with Gasteiger partial charge in [0, 0.05) is 49.9 Å². The molecule has 142 valence electrons. The normalized spacial score (nSPS) is 17.5. The van der Waals surface area contributed by atoms with Crippen molar-refractivity contribution in [3.8, 4) is 5.75 Å². The molecule has 1 unspecified atom stereocenters. The van der Waals surface area contributed by atoms with Crippen LogP contribution in [0.1, 0.15) is 29.3 Å². The van der Waals surface area contributed by atoms with Crippen LogP contribution in [0.3, 0.4) is 0 Å². The fourth-order valence-corrected chi connectivity index (χ4v) is 3.77. The summed E-state index contributed by atoms with van der Waals surface area (Å²) in [6.07, 6.45) is 5.95. The van der Waals surface area contributed by atoms with Gasteiger partial charge in [0.05, 0.1) is 23.5 Å². The Morgan fingerprint density at radius 1 is 1.33 bits per heavy atom. The highest BCUT2D eigenvalue weighted by molar-refractivity contribution is 6.32. The van der Waals surface area contributed by atoms with Crippen molar-refractivity contribution in [3.05, 3.63) is 64.7 Å². The van der Waals surface area contributed by atoms with E-state index in [9.17, 15) is 0 Å². The molecule has 0 amide bonds. The van der Waals surface area contributed by atoms with Gasteiger partial charge >= 0.3 is 0 Å². The molecule has 0 saturated carbocycles. The maximum absolute atomic E-state index is 6.11. The lowest BCUT2D eigenvalue weighted by molar-refractivity contribution is 0.320. The van der Waals surface area contributed by atoms with Crippen molar-refractivity contribution in [1.29, 1.82) is 0 Å². The number of aromatic nitrogens is 4. The molecule has 6 nitrogen and oxygen atoms in total. The van der Waals surface area contributed by atoms with E-state index in [0.29, 0.717) is 17.5 Å². The van der Waals surface area contributed by atoms with E-state index in [4.69, 9.17) is 16.3 Å². The van der Waals surface area contributed by atoms with E-state index in [-0.39, 0.29) is 0 Å². The van der Waals surface area contributed by atoms with Crippen molar-refractivity contribution in [2.24, 2.45) is 7.05 Å². The fraction of sp³-hybridized carbons (Fsp3) is 0.400. The first-order valence-corrected chi connectivity index (χ1v) is 9.66. The fourth-order valence-electron chi connectivity index (χ4n) is 3.58. The lowest BCUT2D eigenvalue weighted by Gasteiger charge is -2.13. The molecule has 3 heterocycles. The van der Waals surface area contributed by atoms with Gasteiger partial charge < -0.3 is 4.74 Å². The minimum absolute atomic E-state index is 0.483. The second-order valence-electron chi connectivity index (χ2n) is 7.09. The van der Waals surface area contributed by atoms with E-state index in [1.54, 1.807) is 0 Å². The Balaban J connectivity index is 1.27. The number of halogens is 1. The Morgan fingerprint density at radius 2 is 2.22 bits per heavy atom. The van der Waals surface area contributed by atoms with Crippen LogP contribution in [0.15, 0.2) is 42.7 Å². The van der Waals surface area contributed by atoms with Crippen molar-refractivity contribution >= 4 is 11.6 Å². The first-order chi connectivity index (χ1) is 13.2. The van der Waals surface area contributed by atoms with Crippen LogP contribution in [0.4, 0.5) is 0 Å². The Bertz CT molecular complexity index is 890. The summed E-state index contributed by atoms with van der Waals surface area (Å²) in [5.74, 6) is 1.21. The number of aromatic amines is 1. The Hall–Kier alpha value is -2.31. The van der Waals surface area contributed by atoms with Crippen LogP contribution in [-0.2, 0) is 20.0 Å². The van der Waals surface area contributed by atoms with Crippen LogP contribution in [0.5, 0.6) is 5.75 Å². The van der Waals surface area contributed by atoms with Crippen LogP contribution in [0.25, 0.3) is 0 Å². The molecule has 27 heavy (non-hydrogen) atoms. The third-order valence-corrected chi connectivity index (χ3v) is 5.28. The molecule has 1 N–H and O–H groups in total. The van der Waals surface area contributed by atoms with Gasteiger partial charge in [-0.3, -0.25) is 14.7 Å². The van der Waals surface area contributed by atoms with Crippen molar-refractivity contribution < 1.29 is 4.74 Å². The molecule has 0 bridgehead atoms. The highest BCUT2D eigenvalue weighted by Gasteiger charge is 2.26. The standard InChI is InChI=1S/C20H24ClN5O/c1-25-12-15(11-22-25)13-26-8-6-16(14-26)19-10-17(23-24-19)7-9-27-20-5-3-2-4-18(20)21/h2-5,10-12,16H,6-9,13-14H2,1H3,(H,23,24). The third-order valence-electron chi connectivity index (χ3n) is 4.97. The SMILES string of the molecule is Cn1cc(CN2CCC(c3cc(CCOc4ccccc4Cl)[nH]n3)C2)cn1. The Labute approximate surface area is 164 Å². The predicted octanol–water partition coefficient (Wildman–Crippen LogP) is 3.41. The molecule has 3 aromatic rings. The van der Waals surface area contributed by atoms with Crippen LogP contribution in [0.2, 0.25) is 5.02 Å². The Morgan fingerprint density at radius 3 is 3.04 bits per heavy atom. The topological polar surface area (TPSA) is 59.0 Å². The number of nitrogens with zero attached hydrogens (tertiary/aromatic N) is 4. The van der Waals surface area contributed by atoms with Crippen molar-refractivity contribution in [2.45, 2.75) is 25.3 Å². The molecule has 0 aliphatic carbocycles. The van der Waals surface area contributed by atoms with Gasteiger partial charge in [-0.25, -0.2) is 0 Å². The largest absolute Gasteiger partial charge is 0.492 e. The first-order valence-electron chi connectivity index (χ1n) is 9.29. The number of benzene rings is 1. The molecule has 1 fully saturated rings. The summed E-state index contributed by atoms with van der Waals surface area (Å²) in [4.78, 5) is 2.47. The Kier molecular flexibility index (Phi) is 5.45. The molecule has 2 aromatic heterocycles. The monoisotopic (exact) mass is 385 g/mol. The van der Waals surface area contributed by atoms with Gasteiger partial charge in [0.25, 0.3) is 0 Å². The van der Waals surface area contributed by atoms with Gasteiger partial charge in [0.15, 0.2) is 0 Å². The number of aryl methyl sites for hydroxylation is 1. The van der Waals surface area contributed by atoms with Gasteiger partial charge in [-0.05, 0) is 31.2 Å². The zero-order valence-electron chi connectivity index (χ0n) is 15.4. The highest BCUT2D eigenvalue weighted by atomic mass is 35.5. The van der Waals surface area contributed by atoms with E-state index in [1.807, 2.05) is 42.2 Å². The lowest BCUT2D eigenvalue weighted by atomic mass is 10.0.